The van der Waals surface area contributed by atoms with Gasteiger partial charge < -0.3 is 38.6 Å². The van der Waals surface area contributed by atoms with Crippen LogP contribution in [0.2, 0.25) is 0 Å². The van der Waals surface area contributed by atoms with Gasteiger partial charge in [-0.3, -0.25) is 14.4 Å². The zero-order valence-electron chi connectivity index (χ0n) is 40.2. The summed E-state index contributed by atoms with van der Waals surface area (Å²) in [5.41, 5.74) is -6.31. The van der Waals surface area contributed by atoms with Gasteiger partial charge in [0, 0.05) is 37.2 Å². The Labute approximate surface area is 384 Å². The molecule has 2 saturated carbocycles. The van der Waals surface area contributed by atoms with Gasteiger partial charge in [0.25, 0.3) is 0 Å². The number of ether oxygens (including phenoxy) is 6. The number of allylic oxidation sites excluding steroid dienone is 3. The van der Waals surface area contributed by atoms with Gasteiger partial charge in [-0.15, -0.1) is 0 Å². The maximum absolute atomic E-state index is 14.3. The van der Waals surface area contributed by atoms with Crippen molar-refractivity contribution in [3.8, 4) is 0 Å². The highest BCUT2D eigenvalue weighted by atomic mass is 16.9. The number of aliphatic hydroxyl groups is 2. The standard InChI is InChI=1S/C53H82O11/c1-8-10-12-14-16-18-20-22-23-25-27-29-31-33-42(55)59-36-49-46(61-49)43-47-52(37(3)4)45(60-40(7)54)39(6)53(43,41-35-38(5)44(56)51(41,58)48(49)57)64-50(62-47,63-52)34-32-30-28-26-24-21-19-17-15-13-11-9-2/h28,30,32,34-35,39,41,43,45-48,57-58H,3,8-27,29,31,33,36H2,1-2,4-7H3/b30-28+,34-32+/t39-,41-,43?,45-,46+,47?,48-,49+,50?,51-,52+,53+/m1/s1. The molecule has 12 atom stereocenters. The van der Waals surface area contributed by atoms with E-state index in [4.69, 9.17) is 28.4 Å². The van der Waals surface area contributed by atoms with E-state index in [0.717, 1.165) is 32.1 Å². The molecule has 360 valence electrons. The Bertz CT molecular complexity index is 1720. The number of unbranched alkanes of at least 4 members (excludes halogenated alkanes) is 20. The number of aliphatic hydroxyl groups excluding tert-OH is 1. The first-order valence-corrected chi connectivity index (χ1v) is 25.4. The number of esters is 2. The largest absolute Gasteiger partial charge is 0.462 e. The fraction of sp³-hybridized carbons (Fsp3) is 0.792. The third-order valence-corrected chi connectivity index (χ3v) is 15.5. The molecular formula is C53H82O11. The normalized spacial score (nSPS) is 36.8. The molecule has 0 spiro atoms. The molecule has 3 saturated heterocycles. The minimum Gasteiger partial charge on any atom is -0.462 e. The highest BCUT2D eigenvalue weighted by Crippen LogP contribution is 2.73. The molecule has 64 heavy (non-hydrogen) atoms. The molecule has 3 bridgehead atoms. The second-order valence-electron chi connectivity index (χ2n) is 20.2. The van der Waals surface area contributed by atoms with Crippen molar-refractivity contribution in [1.82, 2.24) is 0 Å². The number of Topliss-reactive ketones (excluding diaryl/α,β-unsaturated/α-hetero) is 1. The van der Waals surface area contributed by atoms with E-state index in [-0.39, 0.29) is 18.6 Å². The number of hydrogen-bond acceptors (Lipinski definition) is 11. The fourth-order valence-electron chi connectivity index (χ4n) is 12.1. The summed E-state index contributed by atoms with van der Waals surface area (Å²) in [6.07, 6.45) is 31.1. The Morgan fingerprint density at radius 1 is 0.797 bits per heavy atom. The Hall–Kier alpha value is -2.67. The van der Waals surface area contributed by atoms with E-state index in [1.807, 2.05) is 19.1 Å². The number of carbonyl (C=O) groups excluding carboxylic acids is 3. The number of ketones is 1. The van der Waals surface area contributed by atoms with Gasteiger partial charge in [0.2, 0.25) is 0 Å². The molecule has 0 aromatic carbocycles. The maximum atomic E-state index is 14.3. The van der Waals surface area contributed by atoms with E-state index in [2.05, 4.69) is 26.5 Å². The predicted molar refractivity (Wildman–Crippen MR) is 246 cm³/mol. The summed E-state index contributed by atoms with van der Waals surface area (Å²) in [5.74, 6) is -6.19. The molecule has 3 unspecified atom stereocenters. The van der Waals surface area contributed by atoms with Crippen LogP contribution in [0, 0.1) is 17.8 Å². The minimum absolute atomic E-state index is 0.208. The lowest BCUT2D eigenvalue weighted by atomic mass is 9.53. The van der Waals surface area contributed by atoms with Gasteiger partial charge in [0.05, 0.1) is 5.60 Å². The van der Waals surface area contributed by atoms with Gasteiger partial charge in [-0.05, 0) is 44.3 Å². The number of carbonyl (C=O) groups is 3. The average Bonchev–Trinajstić information content (AvgIpc) is 3.88. The van der Waals surface area contributed by atoms with Crippen LogP contribution in [0.3, 0.4) is 0 Å². The van der Waals surface area contributed by atoms with Gasteiger partial charge in [0.1, 0.15) is 31.0 Å². The summed E-state index contributed by atoms with van der Waals surface area (Å²) in [5, 5.41) is 25.3. The predicted octanol–water partition coefficient (Wildman–Crippen LogP) is 10.4. The number of rotatable bonds is 29. The first kappa shape index (κ1) is 50.7. The van der Waals surface area contributed by atoms with Crippen LogP contribution in [-0.4, -0.2) is 87.3 Å². The molecule has 0 radical (unpaired) electrons. The minimum atomic E-state index is -2.44. The SMILES string of the molecule is C=C(C)[C@@]12OC3(/C=C/C=C/CCCCCCCCCC)OC1C1[C@@H]4O[C@]4(COC(=O)CCCCCCCCCCCCCCC)[C@@H](O)[C@]4(O)C(=O)C(C)=C[C@H]4[C@@]1(O3)[C@H](C)[C@H]2OC(C)=O. The van der Waals surface area contributed by atoms with Crippen LogP contribution in [0.15, 0.2) is 48.1 Å². The molecule has 0 aromatic rings. The van der Waals surface area contributed by atoms with Gasteiger partial charge in [0.15, 0.2) is 22.6 Å². The summed E-state index contributed by atoms with van der Waals surface area (Å²) >= 11 is 0. The Morgan fingerprint density at radius 2 is 1.36 bits per heavy atom. The van der Waals surface area contributed by atoms with Crippen molar-refractivity contribution in [2.75, 3.05) is 6.61 Å². The number of epoxide rings is 1. The molecule has 11 nitrogen and oxygen atoms in total. The van der Waals surface area contributed by atoms with Crippen molar-refractivity contribution in [2.24, 2.45) is 17.8 Å². The fourth-order valence-corrected chi connectivity index (χ4v) is 12.1. The van der Waals surface area contributed by atoms with Crippen LogP contribution >= 0.6 is 0 Å². The van der Waals surface area contributed by atoms with Crippen molar-refractivity contribution in [3.63, 3.8) is 0 Å². The zero-order valence-corrected chi connectivity index (χ0v) is 40.2. The summed E-state index contributed by atoms with van der Waals surface area (Å²) in [4.78, 5) is 40.5. The molecule has 11 heteroatoms. The lowest BCUT2D eigenvalue weighted by Crippen LogP contribution is -2.76. The smallest absolute Gasteiger partial charge is 0.307 e. The molecule has 3 heterocycles. The monoisotopic (exact) mass is 895 g/mol. The topological polar surface area (TPSA) is 150 Å². The molecule has 6 rings (SSSR count). The van der Waals surface area contributed by atoms with Gasteiger partial charge in [-0.2, -0.15) is 0 Å². The van der Waals surface area contributed by atoms with Crippen LogP contribution in [0.25, 0.3) is 0 Å². The highest BCUT2D eigenvalue weighted by molar-refractivity contribution is 6.05. The van der Waals surface area contributed by atoms with E-state index < -0.39 is 88.3 Å². The van der Waals surface area contributed by atoms with E-state index in [9.17, 15) is 24.6 Å². The summed E-state index contributed by atoms with van der Waals surface area (Å²) in [6, 6.07) is 0. The Kier molecular flexibility index (Phi) is 17.4. The van der Waals surface area contributed by atoms with Crippen molar-refractivity contribution < 1.29 is 53.0 Å². The van der Waals surface area contributed by atoms with E-state index >= 15 is 0 Å². The van der Waals surface area contributed by atoms with Crippen molar-refractivity contribution in [3.05, 3.63) is 48.1 Å². The summed E-state index contributed by atoms with van der Waals surface area (Å²) in [7, 11) is 0. The molecule has 0 amide bonds. The van der Waals surface area contributed by atoms with E-state index in [0.29, 0.717) is 12.0 Å². The Balaban J connectivity index is 1.17. The molecule has 3 aliphatic carbocycles. The van der Waals surface area contributed by atoms with Crippen LogP contribution < -0.4 is 0 Å². The zero-order chi connectivity index (χ0) is 46.2. The average molecular weight is 895 g/mol. The second kappa shape index (κ2) is 22.0. The molecule has 3 aliphatic heterocycles. The first-order valence-electron chi connectivity index (χ1n) is 25.4. The molecule has 5 fully saturated rings. The lowest BCUT2D eigenvalue weighted by Gasteiger charge is -2.61. The molecular weight excluding hydrogens is 813 g/mol. The third kappa shape index (κ3) is 9.83. The van der Waals surface area contributed by atoms with Crippen molar-refractivity contribution >= 4 is 17.7 Å². The highest BCUT2D eigenvalue weighted by Gasteiger charge is 2.90. The quantitative estimate of drug-likeness (QED) is 0.0243. The lowest BCUT2D eigenvalue weighted by molar-refractivity contribution is -0.407. The molecule has 0 aromatic heterocycles. The first-order chi connectivity index (χ1) is 30.7. The summed E-state index contributed by atoms with van der Waals surface area (Å²) in [6.45, 7) is 15.0. The van der Waals surface area contributed by atoms with Gasteiger partial charge >= 0.3 is 17.9 Å². The van der Waals surface area contributed by atoms with Gasteiger partial charge in [-0.25, -0.2) is 0 Å². The van der Waals surface area contributed by atoms with Crippen molar-refractivity contribution in [2.45, 2.75) is 242 Å². The van der Waals surface area contributed by atoms with Crippen LogP contribution in [0.4, 0.5) is 0 Å². The van der Waals surface area contributed by atoms with Crippen LogP contribution in [0.1, 0.15) is 189 Å². The van der Waals surface area contributed by atoms with Crippen LogP contribution in [0.5, 0.6) is 0 Å². The van der Waals surface area contributed by atoms with E-state index in [1.54, 1.807) is 26.0 Å². The molecule has 6 aliphatic rings. The van der Waals surface area contributed by atoms with Gasteiger partial charge in [-0.1, -0.05) is 174 Å². The van der Waals surface area contributed by atoms with E-state index in [1.165, 1.54) is 110 Å². The van der Waals surface area contributed by atoms with Crippen LogP contribution in [-0.2, 0) is 42.8 Å². The number of fused-ring (bicyclic) bond motifs is 3. The second-order valence-corrected chi connectivity index (χ2v) is 20.2. The Morgan fingerprint density at radius 3 is 1.92 bits per heavy atom. The molecule has 2 N–H and O–H groups in total. The van der Waals surface area contributed by atoms with Crippen molar-refractivity contribution in [1.29, 1.82) is 0 Å². The summed E-state index contributed by atoms with van der Waals surface area (Å²) < 4.78 is 39.6. The third-order valence-electron chi connectivity index (χ3n) is 15.5. The number of hydrogen-bond donors (Lipinski definition) is 2. The maximum Gasteiger partial charge on any atom is 0.307 e.